The fraction of sp³-hybridized carbons (Fsp3) is 0.588. The minimum Gasteiger partial charge on any atom is -0.383 e. The molecule has 4 nitrogen and oxygen atoms in total. The Balaban J connectivity index is 1.71. The first-order valence-electron chi connectivity index (χ1n) is 8.02. The van der Waals surface area contributed by atoms with Crippen LogP contribution in [0.15, 0.2) is 24.3 Å². The number of carbonyl (C=O) groups is 1. The Kier molecular flexibility index (Phi) is 7.33. The number of aliphatic hydroxyl groups excluding tert-OH is 1. The molecule has 1 amide bonds. The molecule has 0 aromatic heterocycles. The van der Waals surface area contributed by atoms with Crippen molar-refractivity contribution in [2.45, 2.75) is 38.0 Å². The fourth-order valence-corrected chi connectivity index (χ4v) is 3.20. The molecule has 1 fully saturated rings. The molecule has 0 saturated carbocycles. The molecule has 0 radical (unpaired) electrons. The van der Waals surface area contributed by atoms with E-state index >= 15 is 0 Å². The molecule has 128 valence electrons. The molecule has 23 heavy (non-hydrogen) atoms. The highest BCUT2D eigenvalue weighted by molar-refractivity contribution is 7.98. The molecule has 1 saturated heterocycles. The molecule has 1 aliphatic heterocycles. The zero-order chi connectivity index (χ0) is 16.7. The van der Waals surface area contributed by atoms with E-state index in [2.05, 4.69) is 10.2 Å². The molecule has 1 aromatic carbocycles. The number of nitrogens with one attached hydrogen (secondary N) is 1. The van der Waals surface area contributed by atoms with Crippen LogP contribution < -0.4 is 5.32 Å². The van der Waals surface area contributed by atoms with Crippen molar-refractivity contribution in [3.63, 3.8) is 0 Å². The third-order valence-electron chi connectivity index (χ3n) is 4.15. The average Bonchev–Trinajstić information content (AvgIpc) is 2.56. The van der Waals surface area contributed by atoms with Crippen LogP contribution in [-0.4, -0.2) is 53.2 Å². The number of likely N-dealkylation sites (tertiary alicyclic amines) is 1. The van der Waals surface area contributed by atoms with Gasteiger partial charge in [-0.2, -0.15) is 11.8 Å². The molecule has 1 aromatic rings. The Morgan fingerprint density at radius 3 is 2.65 bits per heavy atom. The van der Waals surface area contributed by atoms with E-state index < -0.39 is 6.10 Å². The monoisotopic (exact) mass is 340 g/mol. The summed E-state index contributed by atoms with van der Waals surface area (Å²) in [5.74, 6) is 0.316. The Morgan fingerprint density at radius 2 is 2.04 bits per heavy atom. The van der Waals surface area contributed by atoms with Gasteiger partial charge in [-0.25, -0.2) is 4.39 Å². The number of halogens is 1. The van der Waals surface area contributed by atoms with Gasteiger partial charge >= 0.3 is 0 Å². The maximum atomic E-state index is 12.9. The minimum atomic E-state index is -0.903. The molecule has 6 heteroatoms. The summed E-state index contributed by atoms with van der Waals surface area (Å²) < 4.78 is 12.9. The largest absolute Gasteiger partial charge is 0.383 e. The summed E-state index contributed by atoms with van der Waals surface area (Å²) in [7, 11) is 0. The molecular formula is C17H25FN2O2S. The first kappa shape index (κ1) is 18.2. The van der Waals surface area contributed by atoms with Crippen molar-refractivity contribution in [1.82, 2.24) is 10.2 Å². The van der Waals surface area contributed by atoms with Gasteiger partial charge in [-0.05, 0) is 49.0 Å². The number of aliphatic hydroxyl groups is 1. The van der Waals surface area contributed by atoms with Crippen molar-refractivity contribution in [3.8, 4) is 0 Å². The lowest BCUT2D eigenvalue weighted by Crippen LogP contribution is -2.47. The summed E-state index contributed by atoms with van der Waals surface area (Å²) in [5, 5.41) is 12.7. The van der Waals surface area contributed by atoms with E-state index in [1.165, 1.54) is 12.1 Å². The maximum Gasteiger partial charge on any atom is 0.249 e. The highest BCUT2D eigenvalue weighted by Gasteiger charge is 2.23. The van der Waals surface area contributed by atoms with Crippen LogP contribution in [0.1, 0.15) is 24.8 Å². The van der Waals surface area contributed by atoms with Gasteiger partial charge in [0, 0.05) is 25.7 Å². The van der Waals surface area contributed by atoms with Crippen LogP contribution >= 0.6 is 11.8 Å². The maximum absolute atomic E-state index is 12.9. The normalized spacial score (nSPS) is 17.9. The Bertz CT molecular complexity index is 490. The Hall–Kier alpha value is -1.11. The van der Waals surface area contributed by atoms with Gasteiger partial charge in [-0.15, -0.1) is 0 Å². The van der Waals surface area contributed by atoms with E-state index in [4.69, 9.17) is 0 Å². The van der Waals surface area contributed by atoms with Gasteiger partial charge < -0.3 is 10.4 Å². The molecule has 1 unspecified atom stereocenters. The zero-order valence-corrected chi connectivity index (χ0v) is 14.3. The van der Waals surface area contributed by atoms with Crippen LogP contribution in [0.3, 0.4) is 0 Å². The average molecular weight is 340 g/mol. The molecule has 2 rings (SSSR count). The van der Waals surface area contributed by atoms with Gasteiger partial charge in [0.2, 0.25) is 5.91 Å². The van der Waals surface area contributed by atoms with Gasteiger partial charge in [0.1, 0.15) is 11.9 Å². The third-order valence-corrected chi connectivity index (χ3v) is 4.80. The minimum absolute atomic E-state index is 0.135. The van der Waals surface area contributed by atoms with Gasteiger partial charge in [-0.3, -0.25) is 9.69 Å². The van der Waals surface area contributed by atoms with Crippen LogP contribution in [0, 0.1) is 5.82 Å². The summed E-state index contributed by atoms with van der Waals surface area (Å²) in [5.41, 5.74) is 1.10. The molecule has 0 spiro atoms. The predicted molar refractivity (Wildman–Crippen MR) is 91.8 cm³/mol. The predicted octanol–water partition coefficient (Wildman–Crippen LogP) is 2.02. The highest BCUT2D eigenvalue weighted by atomic mass is 32.2. The first-order chi connectivity index (χ1) is 11.1. The number of rotatable bonds is 7. The molecule has 1 aliphatic rings. The summed E-state index contributed by atoms with van der Waals surface area (Å²) in [6.45, 7) is 2.59. The number of carbonyl (C=O) groups excluding carboxylic acids is 1. The van der Waals surface area contributed by atoms with Crippen LogP contribution in [0.25, 0.3) is 0 Å². The van der Waals surface area contributed by atoms with Crippen molar-refractivity contribution in [2.75, 3.05) is 25.1 Å². The topological polar surface area (TPSA) is 52.6 Å². The lowest BCUT2D eigenvalue weighted by molar-refractivity contribution is -0.130. The smallest absolute Gasteiger partial charge is 0.249 e. The van der Waals surface area contributed by atoms with E-state index in [-0.39, 0.29) is 17.8 Å². The summed E-state index contributed by atoms with van der Waals surface area (Å²) >= 11 is 1.63. The SMILES string of the molecule is CSCCC(O)C(=O)NC1CCN(Cc2ccc(F)cc2)CC1. The van der Waals surface area contributed by atoms with Crippen molar-refractivity contribution in [2.24, 2.45) is 0 Å². The molecular weight excluding hydrogens is 315 g/mol. The lowest BCUT2D eigenvalue weighted by Gasteiger charge is -2.32. The standard InChI is InChI=1S/C17H25FN2O2S/c1-23-11-8-16(21)17(22)19-15-6-9-20(10-7-15)12-13-2-4-14(18)5-3-13/h2-5,15-16,21H,6-12H2,1H3,(H,19,22). The number of hydrogen-bond donors (Lipinski definition) is 2. The molecule has 1 atom stereocenters. The Labute approximate surface area is 141 Å². The van der Waals surface area contributed by atoms with Crippen molar-refractivity contribution >= 4 is 17.7 Å². The lowest BCUT2D eigenvalue weighted by atomic mass is 10.0. The fourth-order valence-electron chi connectivity index (χ4n) is 2.74. The molecule has 1 heterocycles. The zero-order valence-electron chi connectivity index (χ0n) is 13.5. The number of hydrogen-bond acceptors (Lipinski definition) is 4. The van der Waals surface area contributed by atoms with Crippen LogP contribution in [0.5, 0.6) is 0 Å². The number of nitrogens with zero attached hydrogens (tertiary/aromatic N) is 1. The molecule has 0 aliphatic carbocycles. The Morgan fingerprint density at radius 1 is 1.39 bits per heavy atom. The van der Waals surface area contributed by atoms with Gasteiger partial charge in [0.05, 0.1) is 0 Å². The van der Waals surface area contributed by atoms with Crippen LogP contribution in [-0.2, 0) is 11.3 Å². The van der Waals surface area contributed by atoms with Gasteiger partial charge in [0.25, 0.3) is 0 Å². The van der Waals surface area contributed by atoms with Crippen molar-refractivity contribution in [3.05, 3.63) is 35.6 Å². The summed E-state index contributed by atoms with van der Waals surface area (Å²) in [4.78, 5) is 14.2. The highest BCUT2D eigenvalue weighted by Crippen LogP contribution is 2.14. The molecule has 2 N–H and O–H groups in total. The second-order valence-electron chi connectivity index (χ2n) is 5.98. The number of piperidine rings is 1. The second kappa shape index (κ2) is 9.25. The van der Waals surface area contributed by atoms with Gasteiger partial charge in [0.15, 0.2) is 0 Å². The van der Waals surface area contributed by atoms with Gasteiger partial charge in [-0.1, -0.05) is 12.1 Å². The van der Waals surface area contributed by atoms with E-state index in [9.17, 15) is 14.3 Å². The summed E-state index contributed by atoms with van der Waals surface area (Å²) in [6, 6.07) is 6.73. The van der Waals surface area contributed by atoms with E-state index in [0.717, 1.165) is 43.8 Å². The van der Waals surface area contributed by atoms with E-state index in [0.29, 0.717) is 6.42 Å². The van der Waals surface area contributed by atoms with Crippen molar-refractivity contribution < 1.29 is 14.3 Å². The molecule has 0 bridgehead atoms. The second-order valence-corrected chi connectivity index (χ2v) is 6.97. The van der Waals surface area contributed by atoms with Crippen LogP contribution in [0.2, 0.25) is 0 Å². The van der Waals surface area contributed by atoms with E-state index in [1.54, 1.807) is 11.8 Å². The quantitative estimate of drug-likeness (QED) is 0.797. The summed E-state index contributed by atoms with van der Waals surface area (Å²) in [6.07, 6.45) is 3.31. The number of thioether (sulfide) groups is 1. The first-order valence-corrected chi connectivity index (χ1v) is 9.42. The third kappa shape index (κ3) is 6.12. The van der Waals surface area contributed by atoms with Crippen molar-refractivity contribution in [1.29, 1.82) is 0 Å². The van der Waals surface area contributed by atoms with E-state index in [1.807, 2.05) is 18.4 Å². The number of benzene rings is 1. The number of amides is 1. The van der Waals surface area contributed by atoms with Crippen LogP contribution in [0.4, 0.5) is 4.39 Å².